The van der Waals surface area contributed by atoms with Gasteiger partial charge in [0, 0.05) is 25.3 Å². The van der Waals surface area contributed by atoms with Gasteiger partial charge in [-0.05, 0) is 55.9 Å². The van der Waals surface area contributed by atoms with E-state index >= 15 is 0 Å². The van der Waals surface area contributed by atoms with Crippen molar-refractivity contribution in [3.05, 3.63) is 59.7 Å². The highest BCUT2D eigenvalue weighted by Crippen LogP contribution is 2.44. The minimum absolute atomic E-state index is 0.0396. The van der Waals surface area contributed by atoms with Crippen molar-refractivity contribution in [2.45, 2.75) is 64.0 Å². The number of hydrogen-bond donors (Lipinski definition) is 2. The molecule has 11 heteroatoms. The van der Waals surface area contributed by atoms with Crippen molar-refractivity contribution >= 4 is 30.0 Å². The second-order valence-corrected chi connectivity index (χ2v) is 10.6. The van der Waals surface area contributed by atoms with Crippen molar-refractivity contribution in [3.8, 4) is 11.1 Å². The zero-order valence-corrected chi connectivity index (χ0v) is 22.7. The molecule has 2 N–H and O–H groups in total. The van der Waals surface area contributed by atoms with Crippen LogP contribution in [0.15, 0.2) is 48.5 Å². The van der Waals surface area contributed by atoms with Gasteiger partial charge in [-0.2, -0.15) is 0 Å². The molecule has 2 aromatic carbocycles. The summed E-state index contributed by atoms with van der Waals surface area (Å²) in [5.74, 6) is -2.33. The third-order valence-corrected chi connectivity index (χ3v) is 6.45. The van der Waals surface area contributed by atoms with E-state index in [4.69, 9.17) is 14.3 Å². The third-order valence-electron chi connectivity index (χ3n) is 6.45. The number of benzene rings is 2. The highest BCUT2D eigenvalue weighted by molar-refractivity contribution is 6.01. The Balaban J connectivity index is 1.28. The largest absolute Gasteiger partial charge is 0.449 e. The molecular weight excluding hydrogens is 518 g/mol. The number of carbonyl (C=O) groups excluding carboxylic acids is 5. The molecule has 11 nitrogen and oxygen atoms in total. The predicted molar refractivity (Wildman–Crippen MR) is 143 cm³/mol. The molecule has 1 saturated heterocycles. The number of nitrogens with zero attached hydrogens (tertiary/aromatic N) is 1. The fraction of sp³-hybridized carbons (Fsp3) is 0.414. The molecule has 0 saturated carbocycles. The first kappa shape index (κ1) is 28.6. The molecule has 2 aromatic rings. The number of nitrogens with one attached hydrogen (secondary N) is 2. The van der Waals surface area contributed by atoms with Crippen LogP contribution in [0.25, 0.3) is 11.1 Å². The van der Waals surface area contributed by atoms with E-state index in [0.717, 1.165) is 22.3 Å². The lowest BCUT2D eigenvalue weighted by atomic mass is 9.98. The van der Waals surface area contributed by atoms with Crippen LogP contribution in [-0.2, 0) is 28.7 Å². The number of hydroxylamine groups is 2. The van der Waals surface area contributed by atoms with Gasteiger partial charge in [0.2, 0.25) is 0 Å². The minimum atomic E-state index is -1.22. The molecule has 0 radical (unpaired) electrons. The maximum atomic E-state index is 12.7. The molecule has 1 aliphatic heterocycles. The predicted octanol–water partition coefficient (Wildman–Crippen LogP) is 3.81. The smallest absolute Gasteiger partial charge is 0.408 e. The second kappa shape index (κ2) is 12.2. The van der Waals surface area contributed by atoms with Gasteiger partial charge < -0.3 is 24.9 Å². The zero-order valence-electron chi connectivity index (χ0n) is 22.7. The summed E-state index contributed by atoms with van der Waals surface area (Å²) in [5, 5.41) is 5.49. The molecule has 212 valence electrons. The highest BCUT2D eigenvalue weighted by atomic mass is 16.7. The first-order chi connectivity index (χ1) is 19.0. The van der Waals surface area contributed by atoms with Crippen LogP contribution in [0.1, 0.15) is 63.5 Å². The fourth-order valence-electron chi connectivity index (χ4n) is 4.66. The second-order valence-electron chi connectivity index (χ2n) is 10.6. The van der Waals surface area contributed by atoms with Gasteiger partial charge in [0.25, 0.3) is 11.8 Å². The Morgan fingerprint density at radius 3 is 2.08 bits per heavy atom. The van der Waals surface area contributed by atoms with Gasteiger partial charge in [-0.1, -0.05) is 48.5 Å². The molecule has 1 atom stereocenters. The number of carbonyl (C=O) groups is 5. The summed E-state index contributed by atoms with van der Waals surface area (Å²) in [7, 11) is 0. The highest BCUT2D eigenvalue weighted by Gasteiger charge is 2.36. The average molecular weight is 552 g/mol. The molecule has 1 fully saturated rings. The van der Waals surface area contributed by atoms with E-state index in [2.05, 4.69) is 22.8 Å². The normalized spacial score (nSPS) is 15.2. The fourth-order valence-corrected chi connectivity index (χ4v) is 4.66. The SMILES string of the molecule is CC(C)(C)OC(=O)N[C@@H](CCCNC(=O)OCC1c2ccccc2-c2ccccc21)C(=O)ON1C(=O)CCC1=O. The number of fused-ring (bicyclic) bond motifs is 3. The Labute approximate surface area is 232 Å². The van der Waals surface area contributed by atoms with Crippen molar-refractivity contribution in [2.24, 2.45) is 0 Å². The summed E-state index contributed by atoms with van der Waals surface area (Å²) in [5.41, 5.74) is 3.63. The van der Waals surface area contributed by atoms with Crippen molar-refractivity contribution in [1.29, 1.82) is 0 Å². The van der Waals surface area contributed by atoms with Crippen LogP contribution < -0.4 is 10.6 Å². The minimum Gasteiger partial charge on any atom is -0.449 e. The summed E-state index contributed by atoms with van der Waals surface area (Å²) < 4.78 is 10.7. The quantitative estimate of drug-likeness (QED) is 0.354. The van der Waals surface area contributed by atoms with E-state index in [0.29, 0.717) is 5.06 Å². The van der Waals surface area contributed by atoms with E-state index < -0.39 is 41.6 Å². The van der Waals surface area contributed by atoms with Crippen LogP contribution in [0.5, 0.6) is 0 Å². The van der Waals surface area contributed by atoms with E-state index in [-0.39, 0.29) is 44.8 Å². The van der Waals surface area contributed by atoms with Gasteiger partial charge in [0.15, 0.2) is 0 Å². The molecule has 4 rings (SSSR count). The summed E-state index contributed by atoms with van der Waals surface area (Å²) in [4.78, 5) is 66.1. The molecule has 1 aliphatic carbocycles. The van der Waals surface area contributed by atoms with Gasteiger partial charge in [0.05, 0.1) is 0 Å². The lowest BCUT2D eigenvalue weighted by Gasteiger charge is -2.23. The Hall–Kier alpha value is -4.41. The third kappa shape index (κ3) is 6.96. The molecule has 2 aliphatic rings. The van der Waals surface area contributed by atoms with Gasteiger partial charge >= 0.3 is 18.2 Å². The molecule has 0 spiro atoms. The topological polar surface area (TPSA) is 140 Å². The van der Waals surface area contributed by atoms with Crippen LogP contribution in [0.2, 0.25) is 0 Å². The van der Waals surface area contributed by atoms with Crippen LogP contribution in [0.4, 0.5) is 9.59 Å². The maximum Gasteiger partial charge on any atom is 0.408 e. The van der Waals surface area contributed by atoms with Crippen molar-refractivity contribution in [2.75, 3.05) is 13.2 Å². The summed E-state index contributed by atoms with van der Waals surface area (Å²) in [6, 6.07) is 14.8. The molecule has 40 heavy (non-hydrogen) atoms. The van der Waals surface area contributed by atoms with Crippen LogP contribution in [0, 0.1) is 0 Å². The van der Waals surface area contributed by atoms with E-state index in [1.165, 1.54) is 0 Å². The number of amides is 4. The molecule has 0 aromatic heterocycles. The summed E-state index contributed by atoms with van der Waals surface area (Å²) in [6.45, 7) is 5.30. The van der Waals surface area contributed by atoms with E-state index in [9.17, 15) is 24.0 Å². The van der Waals surface area contributed by atoms with E-state index in [1.807, 2.05) is 36.4 Å². The van der Waals surface area contributed by atoms with Gasteiger partial charge in [-0.3, -0.25) is 9.59 Å². The monoisotopic (exact) mass is 551 g/mol. The van der Waals surface area contributed by atoms with Gasteiger partial charge in [-0.25, -0.2) is 14.4 Å². The Kier molecular flexibility index (Phi) is 8.71. The van der Waals surface area contributed by atoms with Crippen molar-refractivity contribution in [1.82, 2.24) is 15.7 Å². The van der Waals surface area contributed by atoms with Crippen molar-refractivity contribution in [3.63, 3.8) is 0 Å². The first-order valence-electron chi connectivity index (χ1n) is 13.2. The van der Waals surface area contributed by atoms with Crippen LogP contribution in [-0.4, -0.2) is 59.8 Å². The summed E-state index contributed by atoms with van der Waals surface area (Å²) in [6.07, 6.45) is -1.30. The Bertz CT molecular complexity index is 1240. The van der Waals surface area contributed by atoms with Gasteiger partial charge in [0.1, 0.15) is 18.2 Å². The molecular formula is C29H33N3O8. The molecule has 0 bridgehead atoms. The number of rotatable bonds is 9. The lowest BCUT2D eigenvalue weighted by Crippen LogP contribution is -2.47. The maximum absolute atomic E-state index is 12.7. The zero-order chi connectivity index (χ0) is 28.9. The summed E-state index contributed by atoms with van der Waals surface area (Å²) >= 11 is 0. The number of alkyl carbamates (subject to hydrolysis) is 2. The van der Waals surface area contributed by atoms with E-state index in [1.54, 1.807) is 20.8 Å². The molecule has 0 unspecified atom stereocenters. The number of ether oxygens (including phenoxy) is 2. The van der Waals surface area contributed by atoms with Crippen molar-refractivity contribution < 1.29 is 38.3 Å². The molecule has 1 heterocycles. The standard InChI is InChI=1S/C29H33N3O8/c1-29(2,3)39-28(37)31-23(26(35)40-32-24(33)14-15-25(32)34)13-8-16-30-27(36)38-17-22-20-11-6-4-9-18(20)19-10-5-7-12-21(19)22/h4-7,9-12,22-23H,8,13-17H2,1-3H3,(H,30,36)(H,31,37)/t23-/m0/s1. The van der Waals surface area contributed by atoms with Gasteiger partial charge in [-0.15, -0.1) is 5.06 Å². The Morgan fingerprint density at radius 2 is 1.50 bits per heavy atom. The lowest BCUT2D eigenvalue weighted by molar-refractivity contribution is -0.199. The average Bonchev–Trinajstić information content (AvgIpc) is 3.39. The number of imide groups is 1. The number of hydrogen-bond acceptors (Lipinski definition) is 8. The van der Waals surface area contributed by atoms with Crippen LogP contribution >= 0.6 is 0 Å². The first-order valence-corrected chi connectivity index (χ1v) is 13.2. The Morgan fingerprint density at radius 1 is 0.925 bits per heavy atom. The molecule has 4 amide bonds. The van der Waals surface area contributed by atoms with Crippen LogP contribution in [0.3, 0.4) is 0 Å².